The lowest BCUT2D eigenvalue weighted by atomic mass is 10.2. The number of hydroxylamine groups is 2. The third-order valence-electron chi connectivity index (χ3n) is 2.00. The highest BCUT2D eigenvalue weighted by atomic mass is 16.7. The van der Waals surface area contributed by atoms with Gasteiger partial charge >= 0.3 is 6.01 Å². The molecule has 5 nitrogen and oxygen atoms in total. The van der Waals surface area contributed by atoms with Crippen molar-refractivity contribution >= 4 is 0 Å². The molecule has 0 spiro atoms. The van der Waals surface area contributed by atoms with Crippen molar-refractivity contribution in [3.05, 3.63) is 12.7 Å². The Labute approximate surface area is 76.7 Å². The van der Waals surface area contributed by atoms with Crippen molar-refractivity contribution in [3.63, 3.8) is 0 Å². The predicted octanol–water partition coefficient (Wildman–Crippen LogP) is 0.651. The quantitative estimate of drug-likeness (QED) is 0.668. The molecule has 2 rings (SSSR count). The molecular weight excluding hydrogens is 168 g/mol. The van der Waals surface area contributed by atoms with E-state index in [1.807, 2.05) is 5.06 Å². The Balaban J connectivity index is 1.90. The fourth-order valence-corrected chi connectivity index (χ4v) is 1.35. The van der Waals surface area contributed by atoms with Crippen LogP contribution in [-0.2, 0) is 0 Å². The minimum atomic E-state index is 0.386. The number of nitrogens with zero attached hydrogens (tertiary/aromatic N) is 4. The van der Waals surface area contributed by atoms with Gasteiger partial charge in [-0.05, 0) is 12.8 Å². The van der Waals surface area contributed by atoms with Crippen molar-refractivity contribution in [2.75, 3.05) is 13.1 Å². The summed E-state index contributed by atoms with van der Waals surface area (Å²) in [6.45, 7) is 1.93. The van der Waals surface area contributed by atoms with Crippen LogP contribution in [0.15, 0.2) is 12.7 Å². The topological polar surface area (TPSA) is 51.1 Å². The van der Waals surface area contributed by atoms with Gasteiger partial charge in [0.15, 0.2) is 0 Å². The maximum atomic E-state index is 5.43. The van der Waals surface area contributed by atoms with Gasteiger partial charge in [-0.25, -0.2) is 4.98 Å². The van der Waals surface area contributed by atoms with Crippen LogP contribution in [0.5, 0.6) is 6.01 Å². The molecule has 0 aromatic carbocycles. The fourth-order valence-electron chi connectivity index (χ4n) is 1.35. The molecule has 13 heavy (non-hydrogen) atoms. The lowest BCUT2D eigenvalue weighted by Gasteiger charge is -2.24. The van der Waals surface area contributed by atoms with E-state index >= 15 is 0 Å². The number of rotatable bonds is 2. The van der Waals surface area contributed by atoms with Crippen LogP contribution in [0.25, 0.3) is 0 Å². The summed E-state index contributed by atoms with van der Waals surface area (Å²) in [6, 6.07) is 0.386. The average Bonchev–Trinajstić information content (AvgIpc) is 2.21. The first kappa shape index (κ1) is 8.37. The van der Waals surface area contributed by atoms with E-state index in [4.69, 9.17) is 4.84 Å². The highest BCUT2D eigenvalue weighted by molar-refractivity contribution is 4.86. The van der Waals surface area contributed by atoms with Crippen molar-refractivity contribution < 1.29 is 4.84 Å². The van der Waals surface area contributed by atoms with E-state index in [9.17, 15) is 0 Å². The van der Waals surface area contributed by atoms with Gasteiger partial charge in [-0.3, -0.25) is 0 Å². The SMILES string of the molecule is c1ncnc(ON2CCCCC2)n1. The van der Waals surface area contributed by atoms with Gasteiger partial charge in [0, 0.05) is 13.1 Å². The van der Waals surface area contributed by atoms with Gasteiger partial charge in [0.05, 0.1) is 0 Å². The Hall–Kier alpha value is -1.23. The third kappa shape index (κ3) is 2.35. The molecule has 1 fully saturated rings. The Morgan fingerprint density at radius 3 is 2.46 bits per heavy atom. The predicted molar refractivity (Wildman–Crippen MR) is 45.9 cm³/mol. The van der Waals surface area contributed by atoms with Crippen LogP contribution in [-0.4, -0.2) is 33.1 Å². The van der Waals surface area contributed by atoms with Crippen LogP contribution >= 0.6 is 0 Å². The first-order valence-electron chi connectivity index (χ1n) is 4.50. The molecule has 2 heterocycles. The Morgan fingerprint density at radius 1 is 1.08 bits per heavy atom. The van der Waals surface area contributed by atoms with E-state index in [-0.39, 0.29) is 0 Å². The highest BCUT2D eigenvalue weighted by Crippen LogP contribution is 2.10. The smallest absolute Gasteiger partial charge is 0.338 e. The van der Waals surface area contributed by atoms with Gasteiger partial charge in [0.1, 0.15) is 12.7 Å². The van der Waals surface area contributed by atoms with E-state index < -0.39 is 0 Å². The lowest BCUT2D eigenvalue weighted by molar-refractivity contribution is -0.0800. The molecule has 1 aromatic rings. The molecular formula is C8H12N4O. The van der Waals surface area contributed by atoms with Gasteiger partial charge in [-0.15, -0.1) is 5.06 Å². The van der Waals surface area contributed by atoms with Crippen LogP contribution in [0.4, 0.5) is 0 Å². The molecule has 5 heteroatoms. The average molecular weight is 180 g/mol. The maximum Gasteiger partial charge on any atom is 0.338 e. The summed E-state index contributed by atoms with van der Waals surface area (Å²) in [5.74, 6) is 0. The number of hydrogen-bond acceptors (Lipinski definition) is 5. The third-order valence-corrected chi connectivity index (χ3v) is 2.00. The normalized spacial score (nSPS) is 18.5. The summed E-state index contributed by atoms with van der Waals surface area (Å²) in [6.07, 6.45) is 6.53. The zero-order chi connectivity index (χ0) is 8.93. The molecule has 70 valence electrons. The van der Waals surface area contributed by atoms with Gasteiger partial charge in [0.2, 0.25) is 0 Å². The molecule has 0 atom stereocenters. The molecule has 1 aliphatic heterocycles. The molecule has 0 unspecified atom stereocenters. The first-order valence-corrected chi connectivity index (χ1v) is 4.50. The second-order valence-electron chi connectivity index (χ2n) is 3.00. The fraction of sp³-hybridized carbons (Fsp3) is 0.625. The van der Waals surface area contributed by atoms with Crippen LogP contribution < -0.4 is 4.84 Å². The monoisotopic (exact) mass is 180 g/mol. The summed E-state index contributed by atoms with van der Waals surface area (Å²) in [5, 5.41) is 1.90. The highest BCUT2D eigenvalue weighted by Gasteiger charge is 2.12. The van der Waals surface area contributed by atoms with Crippen LogP contribution in [0.1, 0.15) is 19.3 Å². The van der Waals surface area contributed by atoms with E-state index in [0.717, 1.165) is 13.1 Å². The van der Waals surface area contributed by atoms with Crippen molar-refractivity contribution in [2.24, 2.45) is 0 Å². The summed E-state index contributed by atoms with van der Waals surface area (Å²) < 4.78 is 0. The van der Waals surface area contributed by atoms with E-state index in [0.29, 0.717) is 6.01 Å². The maximum absolute atomic E-state index is 5.43. The van der Waals surface area contributed by atoms with Crippen LogP contribution in [0.3, 0.4) is 0 Å². The molecule has 0 saturated carbocycles. The summed E-state index contributed by atoms with van der Waals surface area (Å²) >= 11 is 0. The van der Waals surface area contributed by atoms with E-state index in [1.54, 1.807) is 0 Å². The largest absolute Gasteiger partial charge is 0.365 e. The minimum Gasteiger partial charge on any atom is -0.365 e. The van der Waals surface area contributed by atoms with Gasteiger partial charge in [-0.2, -0.15) is 9.97 Å². The molecule has 0 aliphatic carbocycles. The molecule has 0 N–H and O–H groups in total. The van der Waals surface area contributed by atoms with E-state index in [1.165, 1.54) is 31.9 Å². The first-order chi connectivity index (χ1) is 6.45. The van der Waals surface area contributed by atoms with Crippen molar-refractivity contribution in [1.82, 2.24) is 20.0 Å². The standard InChI is InChI=1S/C8H12N4O/c1-2-4-12(5-3-1)13-8-10-6-9-7-11-8/h6-7H,1-5H2. The Bertz CT molecular complexity index is 248. The number of aromatic nitrogens is 3. The van der Waals surface area contributed by atoms with Gasteiger partial charge < -0.3 is 4.84 Å². The number of hydrogen-bond donors (Lipinski definition) is 0. The summed E-state index contributed by atoms with van der Waals surface area (Å²) in [5.41, 5.74) is 0. The Morgan fingerprint density at radius 2 is 1.77 bits per heavy atom. The molecule has 1 saturated heterocycles. The summed E-state index contributed by atoms with van der Waals surface area (Å²) in [4.78, 5) is 16.9. The number of piperidine rings is 1. The van der Waals surface area contributed by atoms with Gasteiger partial charge in [-0.1, -0.05) is 6.42 Å². The van der Waals surface area contributed by atoms with Gasteiger partial charge in [0.25, 0.3) is 0 Å². The minimum absolute atomic E-state index is 0.386. The van der Waals surface area contributed by atoms with Crippen LogP contribution in [0, 0.1) is 0 Å². The second kappa shape index (κ2) is 4.13. The molecule has 0 amide bonds. The molecule has 0 radical (unpaired) electrons. The van der Waals surface area contributed by atoms with Crippen molar-refractivity contribution in [1.29, 1.82) is 0 Å². The lowest BCUT2D eigenvalue weighted by Crippen LogP contribution is -2.33. The van der Waals surface area contributed by atoms with Crippen molar-refractivity contribution in [2.45, 2.75) is 19.3 Å². The van der Waals surface area contributed by atoms with Crippen LogP contribution in [0.2, 0.25) is 0 Å². The summed E-state index contributed by atoms with van der Waals surface area (Å²) in [7, 11) is 0. The molecule has 1 aromatic heterocycles. The molecule has 0 bridgehead atoms. The van der Waals surface area contributed by atoms with E-state index in [2.05, 4.69) is 15.0 Å². The molecule has 1 aliphatic rings. The Kier molecular flexibility index (Phi) is 2.66. The zero-order valence-electron chi connectivity index (χ0n) is 7.39. The zero-order valence-corrected chi connectivity index (χ0v) is 7.39. The van der Waals surface area contributed by atoms with Crippen molar-refractivity contribution in [3.8, 4) is 6.01 Å². The second-order valence-corrected chi connectivity index (χ2v) is 3.00.